The second-order valence-electron chi connectivity index (χ2n) is 4.67. The van der Waals surface area contributed by atoms with E-state index >= 15 is 0 Å². The Balaban J connectivity index is 1.95. The van der Waals surface area contributed by atoms with E-state index in [1.54, 1.807) is 0 Å². The van der Waals surface area contributed by atoms with E-state index in [-0.39, 0.29) is 0 Å². The Hall–Kier alpha value is -1.32. The van der Waals surface area contributed by atoms with Gasteiger partial charge in [-0.2, -0.15) is 0 Å². The average molecular weight is 262 g/mol. The Morgan fingerprint density at radius 2 is 2.06 bits per heavy atom. The maximum absolute atomic E-state index is 6.29. The first-order valence-electron chi connectivity index (χ1n) is 6.35. The van der Waals surface area contributed by atoms with E-state index in [4.69, 9.17) is 11.6 Å². The van der Waals surface area contributed by atoms with Crippen molar-refractivity contribution in [3.63, 3.8) is 0 Å². The SMILES string of the molecule is Clc1cccc2ccnc(NC3CCNCC3)c12. The molecule has 2 N–H and O–H groups in total. The molecule has 94 valence electrons. The number of hydrogen-bond acceptors (Lipinski definition) is 3. The molecule has 2 aromatic rings. The van der Waals surface area contributed by atoms with Crippen molar-refractivity contribution >= 4 is 28.2 Å². The number of rotatable bonds is 2. The number of fused-ring (bicyclic) bond motifs is 1. The van der Waals surface area contributed by atoms with Crippen LogP contribution in [0.2, 0.25) is 5.02 Å². The van der Waals surface area contributed by atoms with Crippen molar-refractivity contribution in [3.05, 3.63) is 35.5 Å². The molecule has 0 amide bonds. The molecule has 3 nitrogen and oxygen atoms in total. The number of benzene rings is 1. The Kier molecular flexibility index (Phi) is 3.35. The molecule has 3 rings (SSSR count). The van der Waals surface area contributed by atoms with Gasteiger partial charge in [-0.25, -0.2) is 4.98 Å². The zero-order valence-electron chi connectivity index (χ0n) is 10.1. The fourth-order valence-corrected chi connectivity index (χ4v) is 2.73. The van der Waals surface area contributed by atoms with E-state index in [0.717, 1.165) is 47.5 Å². The maximum Gasteiger partial charge on any atom is 0.135 e. The Morgan fingerprint density at radius 3 is 2.89 bits per heavy atom. The molecule has 1 aliphatic heterocycles. The van der Waals surface area contributed by atoms with Crippen LogP contribution >= 0.6 is 11.6 Å². The van der Waals surface area contributed by atoms with Crippen LogP contribution in [0.4, 0.5) is 5.82 Å². The highest BCUT2D eigenvalue weighted by molar-refractivity contribution is 6.36. The molecule has 1 fully saturated rings. The van der Waals surface area contributed by atoms with E-state index in [1.807, 2.05) is 24.4 Å². The van der Waals surface area contributed by atoms with Crippen LogP contribution in [0.3, 0.4) is 0 Å². The number of pyridine rings is 1. The largest absolute Gasteiger partial charge is 0.367 e. The van der Waals surface area contributed by atoms with Crippen LogP contribution in [0.25, 0.3) is 10.8 Å². The molecule has 2 heterocycles. The second kappa shape index (κ2) is 5.12. The van der Waals surface area contributed by atoms with Crippen molar-refractivity contribution in [3.8, 4) is 0 Å². The van der Waals surface area contributed by atoms with Crippen LogP contribution in [0.15, 0.2) is 30.5 Å². The lowest BCUT2D eigenvalue weighted by atomic mass is 10.1. The standard InChI is InChI=1S/C14H16ClN3/c15-12-3-1-2-10-4-9-17-14(13(10)12)18-11-5-7-16-8-6-11/h1-4,9,11,16H,5-8H2,(H,17,18). The quantitative estimate of drug-likeness (QED) is 0.873. The van der Waals surface area contributed by atoms with Gasteiger partial charge in [0.1, 0.15) is 5.82 Å². The third-order valence-corrected chi connectivity index (χ3v) is 3.74. The van der Waals surface area contributed by atoms with E-state index in [2.05, 4.69) is 21.7 Å². The lowest BCUT2D eigenvalue weighted by molar-refractivity contribution is 0.478. The first-order chi connectivity index (χ1) is 8.84. The summed E-state index contributed by atoms with van der Waals surface area (Å²) in [6.07, 6.45) is 4.09. The molecular weight excluding hydrogens is 246 g/mol. The highest BCUT2D eigenvalue weighted by atomic mass is 35.5. The molecule has 0 spiro atoms. The zero-order chi connectivity index (χ0) is 12.4. The van der Waals surface area contributed by atoms with Gasteiger partial charge >= 0.3 is 0 Å². The van der Waals surface area contributed by atoms with Crippen LogP contribution < -0.4 is 10.6 Å². The summed E-state index contributed by atoms with van der Waals surface area (Å²) in [6, 6.07) is 8.43. The van der Waals surface area contributed by atoms with Crippen molar-refractivity contribution in [1.29, 1.82) is 0 Å². The molecule has 1 saturated heterocycles. The summed E-state index contributed by atoms with van der Waals surface area (Å²) in [7, 11) is 0. The molecule has 18 heavy (non-hydrogen) atoms. The number of hydrogen-bond donors (Lipinski definition) is 2. The van der Waals surface area contributed by atoms with Gasteiger partial charge in [0.25, 0.3) is 0 Å². The third-order valence-electron chi connectivity index (χ3n) is 3.42. The summed E-state index contributed by atoms with van der Waals surface area (Å²) in [5.41, 5.74) is 0. The molecule has 0 saturated carbocycles. The minimum Gasteiger partial charge on any atom is -0.367 e. The van der Waals surface area contributed by atoms with Crippen molar-refractivity contribution in [1.82, 2.24) is 10.3 Å². The highest BCUT2D eigenvalue weighted by Crippen LogP contribution is 2.29. The molecular formula is C14H16ClN3. The fraction of sp³-hybridized carbons (Fsp3) is 0.357. The van der Waals surface area contributed by atoms with Crippen LogP contribution in [0, 0.1) is 0 Å². The number of nitrogens with one attached hydrogen (secondary N) is 2. The highest BCUT2D eigenvalue weighted by Gasteiger charge is 2.15. The first-order valence-corrected chi connectivity index (χ1v) is 6.73. The normalized spacial score (nSPS) is 16.9. The molecule has 1 aromatic carbocycles. The third kappa shape index (κ3) is 2.28. The lowest BCUT2D eigenvalue weighted by Crippen LogP contribution is -2.35. The topological polar surface area (TPSA) is 37.0 Å². The van der Waals surface area contributed by atoms with Gasteiger partial charge in [0.05, 0.1) is 5.02 Å². The van der Waals surface area contributed by atoms with E-state index in [0.29, 0.717) is 6.04 Å². The Labute approximate surface area is 112 Å². The lowest BCUT2D eigenvalue weighted by Gasteiger charge is -2.24. The van der Waals surface area contributed by atoms with Crippen LogP contribution in [0.5, 0.6) is 0 Å². The number of anilines is 1. The molecule has 1 aliphatic rings. The van der Waals surface area contributed by atoms with Crippen molar-refractivity contribution in [2.45, 2.75) is 18.9 Å². The Bertz CT molecular complexity index is 544. The van der Waals surface area contributed by atoms with Gasteiger partial charge in [-0.1, -0.05) is 23.7 Å². The van der Waals surface area contributed by atoms with Gasteiger partial charge in [-0.15, -0.1) is 0 Å². The van der Waals surface area contributed by atoms with E-state index in [9.17, 15) is 0 Å². The van der Waals surface area contributed by atoms with E-state index in [1.165, 1.54) is 0 Å². The number of aromatic nitrogens is 1. The number of piperidine rings is 1. The predicted octanol–water partition coefficient (Wildman–Crippen LogP) is 3.05. The summed E-state index contributed by atoms with van der Waals surface area (Å²) < 4.78 is 0. The van der Waals surface area contributed by atoms with E-state index < -0.39 is 0 Å². The van der Waals surface area contributed by atoms with Crippen LogP contribution in [0.1, 0.15) is 12.8 Å². The van der Waals surface area contributed by atoms with Crippen LogP contribution in [-0.2, 0) is 0 Å². The summed E-state index contributed by atoms with van der Waals surface area (Å²) in [6.45, 7) is 2.13. The summed E-state index contributed by atoms with van der Waals surface area (Å²) in [4.78, 5) is 4.45. The summed E-state index contributed by atoms with van der Waals surface area (Å²) in [5, 5.41) is 9.81. The van der Waals surface area contributed by atoms with Crippen LogP contribution in [-0.4, -0.2) is 24.1 Å². The van der Waals surface area contributed by atoms with Crippen molar-refractivity contribution in [2.24, 2.45) is 0 Å². The second-order valence-corrected chi connectivity index (χ2v) is 5.07. The van der Waals surface area contributed by atoms with Gasteiger partial charge in [0.2, 0.25) is 0 Å². The molecule has 0 unspecified atom stereocenters. The minimum absolute atomic E-state index is 0.487. The van der Waals surface area contributed by atoms with Gasteiger partial charge in [0.15, 0.2) is 0 Å². The van der Waals surface area contributed by atoms with Gasteiger partial charge in [-0.05, 0) is 43.5 Å². The summed E-state index contributed by atoms with van der Waals surface area (Å²) in [5.74, 6) is 0.907. The number of halogens is 1. The first kappa shape index (κ1) is 11.8. The molecule has 0 atom stereocenters. The molecule has 0 bridgehead atoms. The zero-order valence-corrected chi connectivity index (χ0v) is 10.9. The van der Waals surface area contributed by atoms with Crippen molar-refractivity contribution < 1.29 is 0 Å². The van der Waals surface area contributed by atoms with Crippen molar-refractivity contribution in [2.75, 3.05) is 18.4 Å². The minimum atomic E-state index is 0.487. The Morgan fingerprint density at radius 1 is 1.22 bits per heavy atom. The fourth-order valence-electron chi connectivity index (χ4n) is 2.46. The monoisotopic (exact) mass is 261 g/mol. The predicted molar refractivity (Wildman–Crippen MR) is 76.3 cm³/mol. The maximum atomic E-state index is 6.29. The van der Waals surface area contributed by atoms with Gasteiger partial charge in [-0.3, -0.25) is 0 Å². The average Bonchev–Trinajstić information content (AvgIpc) is 2.40. The van der Waals surface area contributed by atoms with Gasteiger partial charge < -0.3 is 10.6 Å². The molecule has 0 radical (unpaired) electrons. The smallest absolute Gasteiger partial charge is 0.135 e. The molecule has 1 aromatic heterocycles. The number of nitrogens with zero attached hydrogens (tertiary/aromatic N) is 1. The summed E-state index contributed by atoms with van der Waals surface area (Å²) >= 11 is 6.29. The molecule has 0 aliphatic carbocycles. The molecule has 4 heteroatoms. The van der Waals surface area contributed by atoms with Gasteiger partial charge in [0, 0.05) is 17.6 Å².